The lowest BCUT2D eigenvalue weighted by Gasteiger charge is -2.34. The van der Waals surface area contributed by atoms with Gasteiger partial charge in [-0.05, 0) is 30.5 Å². The van der Waals surface area contributed by atoms with E-state index < -0.39 is 10.0 Å². The number of rotatable bonds is 8. The zero-order valence-corrected chi connectivity index (χ0v) is 18.3. The summed E-state index contributed by atoms with van der Waals surface area (Å²) >= 11 is 1.65. The Morgan fingerprint density at radius 3 is 2.66 bits per heavy atom. The minimum atomic E-state index is -3.31. The van der Waals surface area contributed by atoms with Crippen molar-refractivity contribution in [3.05, 3.63) is 46.8 Å². The van der Waals surface area contributed by atoms with Crippen molar-refractivity contribution in [3.63, 3.8) is 0 Å². The fraction of sp³-hybridized carbons (Fsp3) is 0.474. The fourth-order valence-corrected chi connectivity index (χ4v) is 5.03. The third-order valence-corrected chi connectivity index (χ3v) is 7.31. The summed E-state index contributed by atoms with van der Waals surface area (Å²) in [6.45, 7) is 5.85. The molecule has 0 spiro atoms. The Bertz CT molecular complexity index is 863. The van der Waals surface area contributed by atoms with Gasteiger partial charge in [-0.25, -0.2) is 18.4 Å². The van der Waals surface area contributed by atoms with Crippen LogP contribution in [-0.2, 0) is 16.6 Å². The Kier molecular flexibility index (Phi) is 7.84. The number of hydrogen-bond donors (Lipinski definition) is 2. The molecule has 29 heavy (non-hydrogen) atoms. The van der Waals surface area contributed by atoms with E-state index in [-0.39, 0.29) is 5.75 Å². The third kappa shape index (κ3) is 6.41. The first kappa shape index (κ1) is 21.5. The first-order valence-electron chi connectivity index (χ1n) is 9.77. The van der Waals surface area contributed by atoms with E-state index >= 15 is 0 Å². The van der Waals surface area contributed by atoms with Crippen molar-refractivity contribution in [1.82, 2.24) is 19.9 Å². The molecule has 0 radical (unpaired) electrons. The van der Waals surface area contributed by atoms with Gasteiger partial charge in [-0.15, -0.1) is 11.3 Å². The maximum atomic E-state index is 12.7. The second kappa shape index (κ2) is 10.6. The minimum Gasteiger partial charge on any atom is -0.357 e. The SMILES string of the molecule is CCNC(=NCc1cccs1)NCCS(=O)(=O)N1CCN(c2ccccn2)CC1. The zero-order chi connectivity index (χ0) is 20.5. The van der Waals surface area contributed by atoms with Crippen LogP contribution in [0.15, 0.2) is 46.9 Å². The van der Waals surface area contributed by atoms with Crippen LogP contribution >= 0.6 is 11.3 Å². The average Bonchev–Trinajstić information content (AvgIpc) is 3.26. The van der Waals surface area contributed by atoms with Crippen LogP contribution in [0.2, 0.25) is 0 Å². The lowest BCUT2D eigenvalue weighted by atomic mass is 10.3. The van der Waals surface area contributed by atoms with Crippen molar-refractivity contribution in [2.24, 2.45) is 4.99 Å². The number of anilines is 1. The van der Waals surface area contributed by atoms with Gasteiger partial charge in [0.1, 0.15) is 5.82 Å². The molecule has 1 aliphatic heterocycles. The predicted molar refractivity (Wildman–Crippen MR) is 119 cm³/mol. The molecule has 1 aliphatic rings. The molecule has 158 valence electrons. The topological polar surface area (TPSA) is 89.9 Å². The molecular formula is C19H28N6O2S2. The van der Waals surface area contributed by atoms with Gasteiger partial charge >= 0.3 is 0 Å². The molecule has 0 aliphatic carbocycles. The number of sulfonamides is 1. The molecule has 10 heteroatoms. The van der Waals surface area contributed by atoms with E-state index in [1.165, 1.54) is 4.88 Å². The van der Waals surface area contributed by atoms with Gasteiger partial charge in [0.15, 0.2) is 5.96 Å². The van der Waals surface area contributed by atoms with Crippen LogP contribution < -0.4 is 15.5 Å². The number of pyridine rings is 1. The highest BCUT2D eigenvalue weighted by Gasteiger charge is 2.27. The van der Waals surface area contributed by atoms with Gasteiger partial charge in [0.05, 0.1) is 12.3 Å². The standard InChI is InChI=1S/C19H28N6O2S2/c1-2-20-19(23-16-17-6-5-14-28-17)22-9-15-29(26,27)25-12-10-24(11-13-25)18-7-3-4-8-21-18/h3-8,14H,2,9-13,15-16H2,1H3,(H2,20,22,23). The second-order valence-corrected chi connectivity index (χ2v) is 9.71. The molecule has 0 unspecified atom stereocenters. The highest BCUT2D eigenvalue weighted by molar-refractivity contribution is 7.89. The Labute approximate surface area is 176 Å². The Morgan fingerprint density at radius 1 is 1.17 bits per heavy atom. The smallest absolute Gasteiger partial charge is 0.215 e. The van der Waals surface area contributed by atoms with Gasteiger partial charge in [-0.3, -0.25) is 0 Å². The van der Waals surface area contributed by atoms with Crippen LogP contribution in [0.3, 0.4) is 0 Å². The number of piperazine rings is 1. The summed E-state index contributed by atoms with van der Waals surface area (Å²) in [6.07, 6.45) is 1.76. The summed E-state index contributed by atoms with van der Waals surface area (Å²) in [5.41, 5.74) is 0. The maximum Gasteiger partial charge on any atom is 0.215 e. The summed E-state index contributed by atoms with van der Waals surface area (Å²) in [4.78, 5) is 12.1. The number of nitrogens with zero attached hydrogens (tertiary/aromatic N) is 4. The number of guanidine groups is 1. The molecule has 0 amide bonds. The third-order valence-electron chi connectivity index (χ3n) is 4.58. The number of nitrogens with one attached hydrogen (secondary N) is 2. The Balaban J connectivity index is 1.47. The fourth-order valence-electron chi connectivity index (χ4n) is 3.06. The Morgan fingerprint density at radius 2 is 2.00 bits per heavy atom. The number of thiophene rings is 1. The molecule has 8 nitrogen and oxygen atoms in total. The highest BCUT2D eigenvalue weighted by atomic mass is 32.2. The maximum absolute atomic E-state index is 12.7. The quantitative estimate of drug-likeness (QED) is 0.480. The van der Waals surface area contributed by atoms with Crippen LogP contribution in [0.4, 0.5) is 5.82 Å². The van der Waals surface area contributed by atoms with Crippen molar-refractivity contribution in [2.45, 2.75) is 13.5 Å². The number of hydrogen-bond acceptors (Lipinski definition) is 6. The van der Waals surface area contributed by atoms with Gasteiger partial charge in [-0.2, -0.15) is 4.31 Å². The first-order chi connectivity index (χ1) is 14.1. The van der Waals surface area contributed by atoms with Gasteiger partial charge in [-0.1, -0.05) is 12.1 Å². The van der Waals surface area contributed by atoms with Crippen LogP contribution in [-0.4, -0.2) is 68.7 Å². The molecule has 3 rings (SSSR count). The highest BCUT2D eigenvalue weighted by Crippen LogP contribution is 2.14. The largest absolute Gasteiger partial charge is 0.357 e. The van der Waals surface area contributed by atoms with Crippen molar-refractivity contribution in [1.29, 1.82) is 0 Å². The summed E-state index contributed by atoms with van der Waals surface area (Å²) in [5, 5.41) is 8.31. The molecule has 2 aromatic rings. The van der Waals surface area contributed by atoms with E-state index in [2.05, 4.69) is 25.5 Å². The van der Waals surface area contributed by atoms with Crippen molar-refractivity contribution < 1.29 is 8.42 Å². The lowest BCUT2D eigenvalue weighted by molar-refractivity contribution is 0.384. The zero-order valence-electron chi connectivity index (χ0n) is 16.6. The molecule has 2 aromatic heterocycles. The number of aliphatic imine (C=N–C) groups is 1. The molecular weight excluding hydrogens is 408 g/mol. The van der Waals surface area contributed by atoms with E-state index in [9.17, 15) is 8.42 Å². The molecule has 1 saturated heterocycles. The van der Waals surface area contributed by atoms with Gasteiger partial charge < -0.3 is 15.5 Å². The average molecular weight is 437 g/mol. The molecule has 0 saturated carbocycles. The first-order valence-corrected chi connectivity index (χ1v) is 12.3. The predicted octanol–water partition coefficient (Wildman–Crippen LogP) is 1.35. The van der Waals surface area contributed by atoms with Gasteiger partial charge in [0, 0.05) is 50.3 Å². The van der Waals surface area contributed by atoms with E-state index in [4.69, 9.17) is 0 Å². The van der Waals surface area contributed by atoms with Crippen molar-refractivity contribution in [3.8, 4) is 0 Å². The van der Waals surface area contributed by atoms with E-state index in [0.717, 1.165) is 12.4 Å². The minimum absolute atomic E-state index is 0.0417. The molecule has 0 aromatic carbocycles. The monoisotopic (exact) mass is 436 g/mol. The van der Waals surface area contributed by atoms with Crippen LogP contribution in [0, 0.1) is 0 Å². The molecule has 0 bridgehead atoms. The Hall–Kier alpha value is -2.17. The van der Waals surface area contributed by atoms with E-state index in [0.29, 0.717) is 45.2 Å². The van der Waals surface area contributed by atoms with E-state index in [1.54, 1.807) is 21.8 Å². The molecule has 2 N–H and O–H groups in total. The van der Waals surface area contributed by atoms with E-state index in [1.807, 2.05) is 42.6 Å². The summed E-state index contributed by atoms with van der Waals surface area (Å²) in [7, 11) is -3.31. The number of aromatic nitrogens is 1. The van der Waals surface area contributed by atoms with Crippen molar-refractivity contribution >= 4 is 33.1 Å². The second-order valence-electron chi connectivity index (χ2n) is 6.59. The summed E-state index contributed by atoms with van der Waals surface area (Å²) in [6, 6.07) is 9.80. The van der Waals surface area contributed by atoms with Gasteiger partial charge in [0.2, 0.25) is 10.0 Å². The summed E-state index contributed by atoms with van der Waals surface area (Å²) in [5.74, 6) is 1.57. The summed E-state index contributed by atoms with van der Waals surface area (Å²) < 4.78 is 27.0. The normalized spacial score (nSPS) is 16.0. The van der Waals surface area contributed by atoms with Crippen LogP contribution in [0.1, 0.15) is 11.8 Å². The van der Waals surface area contributed by atoms with Crippen molar-refractivity contribution in [2.75, 3.05) is 49.9 Å². The van der Waals surface area contributed by atoms with Crippen LogP contribution in [0.25, 0.3) is 0 Å². The molecule has 3 heterocycles. The van der Waals surface area contributed by atoms with Gasteiger partial charge in [0.25, 0.3) is 0 Å². The molecule has 1 fully saturated rings. The molecule has 0 atom stereocenters. The lowest BCUT2D eigenvalue weighted by Crippen LogP contribution is -2.50. The van der Waals surface area contributed by atoms with Crippen LogP contribution in [0.5, 0.6) is 0 Å².